The number of benzene rings is 1. The van der Waals surface area contributed by atoms with Gasteiger partial charge in [-0.25, -0.2) is 0 Å². The molecule has 0 radical (unpaired) electrons. The number of carbonyl (C=O) groups is 1. The van der Waals surface area contributed by atoms with Gasteiger partial charge in [0.05, 0.1) is 0 Å². The molecule has 0 bridgehead atoms. The van der Waals surface area contributed by atoms with Gasteiger partial charge in [-0.2, -0.15) is 0 Å². The van der Waals surface area contributed by atoms with Crippen molar-refractivity contribution in [3.8, 4) is 0 Å². The van der Waals surface area contributed by atoms with Crippen molar-refractivity contribution in [3.05, 3.63) is 36.0 Å². The van der Waals surface area contributed by atoms with Gasteiger partial charge in [-0.3, -0.25) is 4.79 Å². The van der Waals surface area contributed by atoms with Crippen LogP contribution in [-0.4, -0.2) is 21.5 Å². The molecule has 1 aliphatic rings. The average Bonchev–Trinajstić information content (AvgIpc) is 2.96. The Hall–Kier alpha value is -1.61. The summed E-state index contributed by atoms with van der Waals surface area (Å²) in [5.41, 5.74) is 1.11. The molecule has 23 heavy (non-hydrogen) atoms. The third-order valence-electron chi connectivity index (χ3n) is 5.33. The van der Waals surface area contributed by atoms with Crippen LogP contribution in [0.5, 0.6) is 0 Å². The zero-order valence-electron chi connectivity index (χ0n) is 14.1. The molecule has 0 spiro atoms. The molecule has 1 heterocycles. The minimum atomic E-state index is -1.25. The highest BCUT2D eigenvalue weighted by Gasteiger charge is 2.33. The van der Waals surface area contributed by atoms with Crippen molar-refractivity contribution in [1.82, 2.24) is 4.98 Å². The van der Waals surface area contributed by atoms with Gasteiger partial charge in [0, 0.05) is 23.5 Å². The van der Waals surface area contributed by atoms with Crippen LogP contribution in [0.4, 0.5) is 0 Å². The van der Waals surface area contributed by atoms with Crippen LogP contribution in [0.2, 0.25) is 0 Å². The average molecular weight is 313 g/mol. The van der Waals surface area contributed by atoms with Crippen molar-refractivity contribution in [2.75, 3.05) is 0 Å². The molecule has 0 unspecified atom stereocenters. The van der Waals surface area contributed by atoms with Gasteiger partial charge in [0.2, 0.25) is 0 Å². The van der Waals surface area contributed by atoms with E-state index in [1.165, 1.54) is 43.1 Å². The molecular weight excluding hydrogens is 286 g/mol. The lowest BCUT2D eigenvalue weighted by Gasteiger charge is -2.31. The fourth-order valence-electron chi connectivity index (χ4n) is 3.92. The normalized spacial score (nSPS) is 18.2. The Bertz CT molecular complexity index is 674. The second kappa shape index (κ2) is 6.48. The maximum Gasteiger partial charge on any atom is 0.164 e. The van der Waals surface area contributed by atoms with E-state index < -0.39 is 5.60 Å². The monoisotopic (exact) mass is 313 g/mol. The van der Waals surface area contributed by atoms with E-state index in [1.54, 1.807) is 13.8 Å². The summed E-state index contributed by atoms with van der Waals surface area (Å²) < 4.78 is 0. The predicted octanol–water partition coefficient (Wildman–Crippen LogP) is 4.56. The van der Waals surface area contributed by atoms with Gasteiger partial charge in [0.1, 0.15) is 5.60 Å². The first-order valence-corrected chi connectivity index (χ1v) is 8.78. The zero-order chi connectivity index (χ0) is 16.4. The van der Waals surface area contributed by atoms with Crippen molar-refractivity contribution in [3.63, 3.8) is 0 Å². The fourth-order valence-corrected chi connectivity index (χ4v) is 3.92. The lowest BCUT2D eigenvalue weighted by Crippen LogP contribution is -2.33. The number of nitrogens with one attached hydrogen (secondary N) is 1. The molecule has 0 saturated heterocycles. The molecule has 3 rings (SSSR count). The van der Waals surface area contributed by atoms with Crippen molar-refractivity contribution < 1.29 is 9.90 Å². The van der Waals surface area contributed by atoms with Crippen molar-refractivity contribution in [2.45, 2.75) is 63.9 Å². The first-order chi connectivity index (χ1) is 11.0. The van der Waals surface area contributed by atoms with Crippen LogP contribution in [0, 0.1) is 5.92 Å². The molecule has 1 atom stereocenters. The Morgan fingerprint density at radius 1 is 1.26 bits per heavy atom. The molecule has 1 aliphatic carbocycles. The summed E-state index contributed by atoms with van der Waals surface area (Å²) >= 11 is 0. The first kappa shape index (κ1) is 16.3. The number of para-hydroxylation sites is 1. The lowest BCUT2D eigenvalue weighted by molar-refractivity contribution is -0.134. The fraction of sp³-hybridized carbons (Fsp3) is 0.550. The number of aromatic nitrogens is 1. The maximum absolute atomic E-state index is 12.5. The van der Waals surface area contributed by atoms with Crippen molar-refractivity contribution in [2.24, 2.45) is 5.92 Å². The van der Waals surface area contributed by atoms with Crippen LogP contribution in [-0.2, 0) is 4.79 Å². The number of aromatic amines is 1. The Labute approximate surface area is 138 Å². The molecule has 1 aromatic heterocycles. The summed E-state index contributed by atoms with van der Waals surface area (Å²) in [6.45, 7) is 3.20. The maximum atomic E-state index is 12.5. The van der Waals surface area contributed by atoms with Crippen LogP contribution < -0.4 is 0 Å². The van der Waals surface area contributed by atoms with E-state index in [0.717, 1.165) is 5.52 Å². The molecular formula is C20H27NO2. The number of ketones is 1. The van der Waals surface area contributed by atoms with Gasteiger partial charge >= 0.3 is 0 Å². The van der Waals surface area contributed by atoms with E-state index in [0.29, 0.717) is 12.3 Å². The molecule has 124 valence electrons. The number of Topliss-reactive ketones (excluding diaryl/α,β-unsaturated/α-hetero) is 1. The Morgan fingerprint density at radius 3 is 2.65 bits per heavy atom. The van der Waals surface area contributed by atoms with Crippen LogP contribution in [0.3, 0.4) is 0 Å². The minimum absolute atomic E-state index is 0.0571. The second-order valence-electron chi connectivity index (χ2n) is 7.48. The molecule has 3 heteroatoms. The standard InChI is InChI=1S/C20H27NO2/c1-20(2,23)19(22)12-16(14-8-4-3-5-9-14)17-13-21-18-11-7-6-10-15(17)18/h6-7,10-11,13-14,16,21,23H,3-5,8-9,12H2,1-2H3/t16-/m1/s1. The highest BCUT2D eigenvalue weighted by atomic mass is 16.3. The number of aliphatic hydroxyl groups is 1. The second-order valence-corrected chi connectivity index (χ2v) is 7.48. The third-order valence-corrected chi connectivity index (χ3v) is 5.33. The van der Waals surface area contributed by atoms with E-state index in [1.807, 2.05) is 6.07 Å². The van der Waals surface area contributed by atoms with E-state index >= 15 is 0 Å². The number of rotatable bonds is 5. The summed E-state index contributed by atoms with van der Waals surface area (Å²) in [7, 11) is 0. The number of hydrogen-bond acceptors (Lipinski definition) is 2. The van der Waals surface area contributed by atoms with Gasteiger partial charge in [-0.1, -0.05) is 37.5 Å². The quantitative estimate of drug-likeness (QED) is 0.850. The number of H-pyrrole nitrogens is 1. The molecule has 2 N–H and O–H groups in total. The van der Waals surface area contributed by atoms with Gasteiger partial charge in [0.25, 0.3) is 0 Å². The Balaban J connectivity index is 1.95. The van der Waals surface area contributed by atoms with Gasteiger partial charge < -0.3 is 10.1 Å². The van der Waals surface area contributed by atoms with Crippen LogP contribution in [0.15, 0.2) is 30.5 Å². The molecule has 1 saturated carbocycles. The molecule has 0 amide bonds. The zero-order valence-corrected chi connectivity index (χ0v) is 14.1. The molecule has 3 nitrogen and oxygen atoms in total. The topological polar surface area (TPSA) is 53.1 Å². The molecule has 0 aliphatic heterocycles. The van der Waals surface area contributed by atoms with E-state index in [9.17, 15) is 9.90 Å². The SMILES string of the molecule is CC(C)(O)C(=O)C[C@@H](c1c[nH]c2ccccc12)C1CCCCC1. The van der Waals surface area contributed by atoms with E-state index in [-0.39, 0.29) is 11.7 Å². The van der Waals surface area contributed by atoms with Crippen LogP contribution in [0.25, 0.3) is 10.9 Å². The summed E-state index contributed by atoms with van der Waals surface area (Å²) in [5.74, 6) is 0.679. The Kier molecular flexibility index (Phi) is 4.58. The van der Waals surface area contributed by atoms with E-state index in [4.69, 9.17) is 0 Å². The summed E-state index contributed by atoms with van der Waals surface area (Å²) in [4.78, 5) is 15.8. The van der Waals surface area contributed by atoms with Gasteiger partial charge in [0.15, 0.2) is 5.78 Å². The molecule has 2 aromatic rings. The summed E-state index contributed by atoms with van der Waals surface area (Å²) in [6.07, 6.45) is 8.67. The largest absolute Gasteiger partial charge is 0.383 e. The van der Waals surface area contributed by atoms with Gasteiger partial charge in [-0.15, -0.1) is 0 Å². The third kappa shape index (κ3) is 3.50. The Morgan fingerprint density at radius 2 is 1.96 bits per heavy atom. The number of carbonyl (C=O) groups excluding carboxylic acids is 1. The van der Waals surface area contributed by atoms with Gasteiger partial charge in [-0.05, 0) is 50.2 Å². The summed E-state index contributed by atoms with van der Waals surface area (Å²) in [5, 5.41) is 11.3. The number of hydrogen-bond donors (Lipinski definition) is 2. The number of fused-ring (bicyclic) bond motifs is 1. The van der Waals surface area contributed by atoms with Crippen LogP contribution in [0.1, 0.15) is 63.9 Å². The molecule has 1 aromatic carbocycles. The van der Waals surface area contributed by atoms with Crippen molar-refractivity contribution >= 4 is 16.7 Å². The highest BCUT2D eigenvalue weighted by Crippen LogP contribution is 2.41. The van der Waals surface area contributed by atoms with E-state index in [2.05, 4.69) is 29.4 Å². The lowest BCUT2D eigenvalue weighted by atomic mass is 9.73. The minimum Gasteiger partial charge on any atom is -0.383 e. The predicted molar refractivity (Wildman–Crippen MR) is 93.5 cm³/mol. The van der Waals surface area contributed by atoms with Crippen molar-refractivity contribution in [1.29, 1.82) is 0 Å². The molecule has 1 fully saturated rings. The smallest absolute Gasteiger partial charge is 0.164 e. The summed E-state index contributed by atoms with van der Waals surface area (Å²) in [6, 6.07) is 8.29. The van der Waals surface area contributed by atoms with Crippen LogP contribution >= 0.6 is 0 Å². The first-order valence-electron chi connectivity index (χ1n) is 8.78. The highest BCUT2D eigenvalue weighted by molar-refractivity contribution is 5.89.